The minimum atomic E-state index is -0.731. The van der Waals surface area contributed by atoms with Crippen molar-refractivity contribution in [3.05, 3.63) is 54.4 Å². The number of amides is 1. The minimum Gasteiger partial charge on any atom is -0.444 e. The van der Waals surface area contributed by atoms with Crippen molar-refractivity contribution in [2.45, 2.75) is 38.7 Å². The fourth-order valence-corrected chi connectivity index (χ4v) is 2.72. The van der Waals surface area contributed by atoms with Crippen LogP contribution in [0.4, 0.5) is 4.79 Å². The van der Waals surface area contributed by atoms with Gasteiger partial charge in [-0.25, -0.2) is 4.79 Å². The van der Waals surface area contributed by atoms with E-state index in [0.717, 1.165) is 11.1 Å². The highest BCUT2D eigenvalue weighted by Crippen LogP contribution is 2.29. The largest absolute Gasteiger partial charge is 0.444 e. The number of rotatable bonds is 5. The number of aromatic nitrogens is 1. The topological polar surface area (TPSA) is 65.2 Å². The van der Waals surface area contributed by atoms with Crippen LogP contribution in [0.3, 0.4) is 0 Å². The van der Waals surface area contributed by atoms with Gasteiger partial charge in [0.2, 0.25) is 0 Å². The summed E-state index contributed by atoms with van der Waals surface area (Å²) in [4.78, 5) is 15.0. The van der Waals surface area contributed by atoms with Crippen LogP contribution >= 0.6 is 0 Å². The van der Waals surface area contributed by atoms with Gasteiger partial charge in [-0.2, -0.15) is 0 Å². The maximum atomic E-state index is 10.9. The van der Waals surface area contributed by atoms with Crippen LogP contribution in [0.2, 0.25) is 0 Å². The van der Waals surface area contributed by atoms with Crippen molar-refractivity contribution in [2.24, 2.45) is 5.73 Å². The van der Waals surface area contributed by atoms with Crippen LogP contribution < -0.4 is 5.73 Å². The summed E-state index contributed by atoms with van der Waals surface area (Å²) in [5.74, 6) is 0.265. The van der Waals surface area contributed by atoms with E-state index in [9.17, 15) is 4.79 Å². The molecule has 2 rings (SSSR count). The number of pyridine rings is 1. The molecular formula is C18H22N2O2. The zero-order valence-electron chi connectivity index (χ0n) is 13.2. The van der Waals surface area contributed by atoms with E-state index < -0.39 is 11.7 Å². The Kier molecular flexibility index (Phi) is 4.81. The van der Waals surface area contributed by atoms with Gasteiger partial charge < -0.3 is 10.5 Å². The molecule has 1 heterocycles. The number of benzene rings is 1. The number of nitrogens with two attached hydrogens (primary N) is 1. The van der Waals surface area contributed by atoms with Crippen LogP contribution in [-0.2, 0) is 4.74 Å². The molecule has 0 spiro atoms. The third-order valence-electron chi connectivity index (χ3n) is 3.67. The van der Waals surface area contributed by atoms with Gasteiger partial charge in [0, 0.05) is 12.4 Å². The van der Waals surface area contributed by atoms with Gasteiger partial charge in [-0.15, -0.1) is 0 Å². The third-order valence-corrected chi connectivity index (χ3v) is 3.67. The van der Waals surface area contributed by atoms with Gasteiger partial charge >= 0.3 is 6.09 Å². The van der Waals surface area contributed by atoms with E-state index in [2.05, 4.69) is 36.2 Å². The van der Waals surface area contributed by atoms with Crippen LogP contribution in [0.25, 0.3) is 11.1 Å². The molecule has 1 aromatic heterocycles. The van der Waals surface area contributed by atoms with Crippen molar-refractivity contribution in [1.29, 1.82) is 0 Å². The Morgan fingerprint density at radius 2 is 1.68 bits per heavy atom. The Hall–Kier alpha value is -2.36. The lowest BCUT2D eigenvalue weighted by atomic mass is 9.88. The second-order valence-electron chi connectivity index (χ2n) is 6.14. The van der Waals surface area contributed by atoms with Gasteiger partial charge in [0.1, 0.15) is 5.60 Å². The van der Waals surface area contributed by atoms with Crippen molar-refractivity contribution >= 4 is 6.09 Å². The van der Waals surface area contributed by atoms with E-state index in [1.54, 1.807) is 12.4 Å². The van der Waals surface area contributed by atoms with Crippen molar-refractivity contribution in [3.8, 4) is 11.1 Å². The molecule has 1 aromatic carbocycles. The zero-order chi connectivity index (χ0) is 16.2. The van der Waals surface area contributed by atoms with Crippen LogP contribution in [0.15, 0.2) is 48.8 Å². The Labute approximate surface area is 131 Å². The standard InChI is InChI=1S/C18H22N2O2/c1-13(12-18(2,3)22-17(19)21)14-4-6-15(7-5-14)16-8-10-20-11-9-16/h4-11,13H,12H2,1-3H3,(H2,19,21). The molecular weight excluding hydrogens is 276 g/mol. The van der Waals surface area contributed by atoms with E-state index in [4.69, 9.17) is 10.5 Å². The molecule has 4 nitrogen and oxygen atoms in total. The number of nitrogens with zero attached hydrogens (tertiary/aromatic N) is 1. The van der Waals surface area contributed by atoms with E-state index in [1.807, 2.05) is 26.0 Å². The van der Waals surface area contributed by atoms with E-state index in [0.29, 0.717) is 6.42 Å². The Morgan fingerprint density at radius 1 is 1.14 bits per heavy atom. The molecule has 1 atom stereocenters. The van der Waals surface area contributed by atoms with Gasteiger partial charge in [0.15, 0.2) is 0 Å². The van der Waals surface area contributed by atoms with E-state index >= 15 is 0 Å². The maximum Gasteiger partial charge on any atom is 0.405 e. The molecule has 22 heavy (non-hydrogen) atoms. The lowest BCUT2D eigenvalue weighted by molar-refractivity contribution is 0.0349. The number of hydrogen-bond acceptors (Lipinski definition) is 3. The highest BCUT2D eigenvalue weighted by Gasteiger charge is 2.25. The SMILES string of the molecule is CC(CC(C)(C)OC(N)=O)c1ccc(-c2ccncc2)cc1. The summed E-state index contributed by atoms with van der Waals surface area (Å²) < 4.78 is 5.15. The molecule has 0 aliphatic heterocycles. The summed E-state index contributed by atoms with van der Waals surface area (Å²) in [6.07, 6.45) is 3.56. The summed E-state index contributed by atoms with van der Waals surface area (Å²) in [5, 5.41) is 0. The smallest absolute Gasteiger partial charge is 0.405 e. The fraction of sp³-hybridized carbons (Fsp3) is 0.333. The van der Waals surface area contributed by atoms with Gasteiger partial charge in [0.05, 0.1) is 0 Å². The molecule has 4 heteroatoms. The van der Waals surface area contributed by atoms with Gasteiger partial charge in [-0.05, 0) is 55.0 Å². The first-order valence-electron chi connectivity index (χ1n) is 7.36. The number of carbonyl (C=O) groups excluding carboxylic acids is 1. The summed E-state index contributed by atoms with van der Waals surface area (Å²) in [5.41, 5.74) is 8.05. The van der Waals surface area contributed by atoms with E-state index in [-0.39, 0.29) is 5.92 Å². The molecule has 116 valence electrons. The molecule has 0 fully saturated rings. The number of primary amides is 1. The molecule has 0 bridgehead atoms. The Bertz CT molecular complexity index is 621. The fourth-order valence-electron chi connectivity index (χ4n) is 2.72. The highest BCUT2D eigenvalue weighted by atomic mass is 16.6. The highest BCUT2D eigenvalue weighted by molar-refractivity contribution is 5.65. The molecule has 2 aromatic rings. The lowest BCUT2D eigenvalue weighted by Crippen LogP contribution is -2.32. The summed E-state index contributed by atoms with van der Waals surface area (Å²) in [6.45, 7) is 5.87. The minimum absolute atomic E-state index is 0.265. The summed E-state index contributed by atoms with van der Waals surface area (Å²) in [7, 11) is 0. The number of hydrogen-bond donors (Lipinski definition) is 1. The molecule has 0 radical (unpaired) electrons. The molecule has 0 aliphatic rings. The quantitative estimate of drug-likeness (QED) is 0.903. The van der Waals surface area contributed by atoms with Crippen molar-refractivity contribution in [2.75, 3.05) is 0 Å². The summed E-state index contributed by atoms with van der Waals surface area (Å²) in [6, 6.07) is 12.4. The van der Waals surface area contributed by atoms with Crippen LogP contribution in [0, 0.1) is 0 Å². The summed E-state index contributed by atoms with van der Waals surface area (Å²) >= 11 is 0. The van der Waals surface area contributed by atoms with Crippen LogP contribution in [0.5, 0.6) is 0 Å². The second-order valence-corrected chi connectivity index (χ2v) is 6.14. The molecule has 2 N–H and O–H groups in total. The number of carbonyl (C=O) groups is 1. The first-order valence-corrected chi connectivity index (χ1v) is 7.36. The average molecular weight is 298 g/mol. The zero-order valence-corrected chi connectivity index (χ0v) is 13.2. The van der Waals surface area contributed by atoms with Crippen molar-refractivity contribution in [3.63, 3.8) is 0 Å². The molecule has 0 saturated carbocycles. The second kappa shape index (κ2) is 6.60. The number of ether oxygens (including phenoxy) is 1. The average Bonchev–Trinajstić information content (AvgIpc) is 2.46. The van der Waals surface area contributed by atoms with E-state index in [1.165, 1.54) is 5.56 Å². The molecule has 1 amide bonds. The van der Waals surface area contributed by atoms with Crippen molar-refractivity contribution in [1.82, 2.24) is 4.98 Å². The first kappa shape index (κ1) is 16.0. The monoisotopic (exact) mass is 298 g/mol. The Balaban J connectivity index is 2.08. The van der Waals surface area contributed by atoms with Crippen molar-refractivity contribution < 1.29 is 9.53 Å². The predicted molar refractivity (Wildman–Crippen MR) is 87.5 cm³/mol. The predicted octanol–water partition coefficient (Wildman–Crippen LogP) is 4.12. The third kappa shape index (κ3) is 4.32. The van der Waals surface area contributed by atoms with Gasteiger partial charge in [0.25, 0.3) is 0 Å². The van der Waals surface area contributed by atoms with Crippen LogP contribution in [0.1, 0.15) is 38.7 Å². The molecule has 1 unspecified atom stereocenters. The molecule has 0 aliphatic carbocycles. The Morgan fingerprint density at radius 3 is 2.23 bits per heavy atom. The molecule has 0 saturated heterocycles. The first-order chi connectivity index (χ1) is 10.4. The lowest BCUT2D eigenvalue weighted by Gasteiger charge is -2.27. The maximum absolute atomic E-state index is 10.9. The normalized spacial score (nSPS) is 12.7. The van der Waals surface area contributed by atoms with Gasteiger partial charge in [-0.1, -0.05) is 31.2 Å². The van der Waals surface area contributed by atoms with Gasteiger partial charge in [-0.3, -0.25) is 4.98 Å². The van der Waals surface area contributed by atoms with Crippen LogP contribution in [-0.4, -0.2) is 16.7 Å².